The van der Waals surface area contributed by atoms with Crippen molar-refractivity contribution in [2.75, 3.05) is 0 Å². The van der Waals surface area contributed by atoms with E-state index in [2.05, 4.69) is 0 Å². The average Bonchev–Trinajstić information content (AvgIpc) is 2.52. The van der Waals surface area contributed by atoms with E-state index >= 15 is 0 Å². The van der Waals surface area contributed by atoms with E-state index in [-0.39, 0.29) is 45.5 Å². The molecule has 0 unspecified atom stereocenters. The number of phenols is 2. The van der Waals surface area contributed by atoms with E-state index in [1.165, 1.54) is 18.2 Å². The fraction of sp³-hybridized carbons (Fsp3) is 0.118. The zero-order valence-electron chi connectivity index (χ0n) is 12.1. The van der Waals surface area contributed by atoms with Crippen LogP contribution in [0.2, 0.25) is 0 Å². The van der Waals surface area contributed by atoms with Crippen LogP contribution < -0.4 is 5.43 Å². The molecule has 0 fully saturated rings. The van der Waals surface area contributed by atoms with Gasteiger partial charge < -0.3 is 14.6 Å². The summed E-state index contributed by atoms with van der Waals surface area (Å²) < 4.78 is 32.8. The molecular formula is C17H12F2O4. The zero-order valence-corrected chi connectivity index (χ0v) is 12.1. The van der Waals surface area contributed by atoms with Crippen molar-refractivity contribution in [3.05, 3.63) is 57.8 Å². The summed E-state index contributed by atoms with van der Waals surface area (Å²) in [5, 5.41) is 18.9. The van der Waals surface area contributed by atoms with Gasteiger partial charge in [0.15, 0.2) is 22.8 Å². The van der Waals surface area contributed by atoms with Gasteiger partial charge in [-0.05, 0) is 36.8 Å². The van der Waals surface area contributed by atoms with E-state index in [0.717, 1.165) is 12.1 Å². The van der Waals surface area contributed by atoms with Gasteiger partial charge in [0.05, 0.1) is 5.39 Å². The number of halogens is 2. The summed E-state index contributed by atoms with van der Waals surface area (Å²) in [6, 6.07) is 5.84. The highest BCUT2D eigenvalue weighted by atomic mass is 19.1. The molecule has 0 spiro atoms. The van der Waals surface area contributed by atoms with E-state index in [4.69, 9.17) is 4.42 Å². The molecule has 4 nitrogen and oxygen atoms in total. The number of fused-ring (bicyclic) bond motifs is 1. The lowest BCUT2D eigenvalue weighted by Crippen LogP contribution is -2.10. The van der Waals surface area contributed by atoms with Gasteiger partial charge in [0.2, 0.25) is 0 Å². The fourth-order valence-corrected chi connectivity index (χ4v) is 2.47. The predicted octanol–water partition coefficient (Wildman–Crippen LogP) is 3.71. The Kier molecular flexibility index (Phi) is 3.52. The van der Waals surface area contributed by atoms with Gasteiger partial charge in [0.25, 0.3) is 0 Å². The molecule has 6 heteroatoms. The van der Waals surface area contributed by atoms with Gasteiger partial charge >= 0.3 is 0 Å². The topological polar surface area (TPSA) is 70.7 Å². The molecule has 0 atom stereocenters. The van der Waals surface area contributed by atoms with Gasteiger partial charge in [0, 0.05) is 11.1 Å². The molecule has 0 saturated heterocycles. The molecule has 1 aromatic heterocycles. The third-order valence-electron chi connectivity index (χ3n) is 3.60. The van der Waals surface area contributed by atoms with Gasteiger partial charge in [-0.2, -0.15) is 0 Å². The molecule has 0 bridgehead atoms. The summed E-state index contributed by atoms with van der Waals surface area (Å²) in [4.78, 5) is 12.5. The first-order valence-electron chi connectivity index (χ1n) is 6.89. The van der Waals surface area contributed by atoms with Crippen molar-refractivity contribution in [3.63, 3.8) is 0 Å². The minimum absolute atomic E-state index is 0.0155. The molecule has 0 aliphatic heterocycles. The third-order valence-corrected chi connectivity index (χ3v) is 3.60. The first-order chi connectivity index (χ1) is 10.9. The molecule has 2 aromatic carbocycles. The second-order valence-corrected chi connectivity index (χ2v) is 5.06. The van der Waals surface area contributed by atoms with Gasteiger partial charge in [-0.15, -0.1) is 0 Å². The summed E-state index contributed by atoms with van der Waals surface area (Å²) in [5.41, 5.74) is 0.0525. The number of benzene rings is 2. The summed E-state index contributed by atoms with van der Waals surface area (Å²) >= 11 is 0. The maximum absolute atomic E-state index is 13.6. The third kappa shape index (κ3) is 2.42. The quantitative estimate of drug-likeness (QED) is 0.755. The Morgan fingerprint density at radius 1 is 1.09 bits per heavy atom. The molecule has 0 amide bonds. The number of rotatable bonds is 2. The standard InChI is InChI=1S/C17H12F2O4/c1-2-10-15(21)11-7-9(20)3-4-14(11)23-17(10)8-5-12(18)16(22)13(19)6-8/h3-7,20,22H,2H2,1H3. The van der Waals surface area contributed by atoms with Crippen LogP contribution in [0.5, 0.6) is 11.5 Å². The second-order valence-electron chi connectivity index (χ2n) is 5.06. The molecular weight excluding hydrogens is 306 g/mol. The molecule has 0 radical (unpaired) electrons. The largest absolute Gasteiger partial charge is 0.508 e. The lowest BCUT2D eigenvalue weighted by atomic mass is 10.0. The van der Waals surface area contributed by atoms with Crippen molar-refractivity contribution in [2.24, 2.45) is 0 Å². The van der Waals surface area contributed by atoms with Crippen molar-refractivity contribution in [3.8, 4) is 22.8 Å². The molecule has 2 N–H and O–H groups in total. The molecule has 3 aromatic rings. The van der Waals surface area contributed by atoms with Crippen LogP contribution in [-0.2, 0) is 6.42 Å². The molecule has 0 saturated carbocycles. The fourth-order valence-electron chi connectivity index (χ4n) is 2.47. The van der Waals surface area contributed by atoms with Crippen molar-refractivity contribution in [2.45, 2.75) is 13.3 Å². The van der Waals surface area contributed by atoms with Crippen LogP contribution in [0.1, 0.15) is 12.5 Å². The molecule has 0 aliphatic rings. The van der Waals surface area contributed by atoms with Crippen LogP contribution in [0.4, 0.5) is 8.78 Å². The van der Waals surface area contributed by atoms with E-state index in [9.17, 15) is 23.8 Å². The molecule has 1 heterocycles. The lowest BCUT2D eigenvalue weighted by molar-refractivity contribution is 0.396. The van der Waals surface area contributed by atoms with E-state index < -0.39 is 17.4 Å². The molecule has 0 aliphatic carbocycles. The summed E-state index contributed by atoms with van der Waals surface area (Å²) in [6.45, 7) is 1.71. The van der Waals surface area contributed by atoms with Crippen LogP contribution in [0, 0.1) is 11.6 Å². The monoisotopic (exact) mass is 318 g/mol. The molecule has 23 heavy (non-hydrogen) atoms. The summed E-state index contributed by atoms with van der Waals surface area (Å²) in [7, 11) is 0. The Morgan fingerprint density at radius 3 is 2.35 bits per heavy atom. The Balaban J connectivity index is 2.38. The number of aromatic hydroxyl groups is 2. The summed E-state index contributed by atoms with van der Waals surface area (Å²) in [6.07, 6.45) is 0.271. The maximum Gasteiger partial charge on any atom is 0.196 e. The highest BCUT2D eigenvalue weighted by molar-refractivity contribution is 5.81. The van der Waals surface area contributed by atoms with Crippen LogP contribution >= 0.6 is 0 Å². The van der Waals surface area contributed by atoms with Crippen LogP contribution in [0.25, 0.3) is 22.3 Å². The zero-order chi connectivity index (χ0) is 16.7. The van der Waals surface area contributed by atoms with Gasteiger partial charge in [-0.1, -0.05) is 6.92 Å². The second kappa shape index (κ2) is 5.39. The average molecular weight is 318 g/mol. The van der Waals surface area contributed by atoms with Crippen LogP contribution in [0.15, 0.2) is 39.5 Å². The normalized spacial score (nSPS) is 11.1. The number of phenolic OH excluding ortho intramolecular Hbond substituents is 2. The van der Waals surface area contributed by atoms with Crippen molar-refractivity contribution in [1.82, 2.24) is 0 Å². The number of hydrogen-bond acceptors (Lipinski definition) is 4. The number of hydrogen-bond donors (Lipinski definition) is 2. The predicted molar refractivity (Wildman–Crippen MR) is 80.5 cm³/mol. The van der Waals surface area contributed by atoms with E-state index in [0.29, 0.717) is 0 Å². The first-order valence-corrected chi connectivity index (χ1v) is 6.89. The van der Waals surface area contributed by atoms with Crippen molar-refractivity contribution < 1.29 is 23.4 Å². The lowest BCUT2D eigenvalue weighted by Gasteiger charge is -2.10. The Hall–Kier alpha value is -2.89. The summed E-state index contributed by atoms with van der Waals surface area (Å²) in [5.74, 6) is -3.42. The smallest absolute Gasteiger partial charge is 0.196 e. The SMILES string of the molecule is CCc1c(-c2cc(F)c(O)c(F)c2)oc2ccc(O)cc2c1=O. The minimum Gasteiger partial charge on any atom is -0.508 e. The Bertz CT molecular complexity index is 953. The highest BCUT2D eigenvalue weighted by Gasteiger charge is 2.18. The van der Waals surface area contributed by atoms with E-state index in [1.807, 2.05) is 0 Å². The van der Waals surface area contributed by atoms with Crippen molar-refractivity contribution >= 4 is 11.0 Å². The first kappa shape index (κ1) is 15.0. The van der Waals surface area contributed by atoms with Crippen molar-refractivity contribution in [1.29, 1.82) is 0 Å². The highest BCUT2D eigenvalue weighted by Crippen LogP contribution is 2.31. The van der Waals surface area contributed by atoms with Gasteiger partial charge in [-0.25, -0.2) is 8.78 Å². The van der Waals surface area contributed by atoms with Gasteiger partial charge in [-0.3, -0.25) is 4.79 Å². The van der Waals surface area contributed by atoms with Gasteiger partial charge in [0.1, 0.15) is 17.1 Å². The molecule has 118 valence electrons. The maximum atomic E-state index is 13.6. The minimum atomic E-state index is -1.14. The Morgan fingerprint density at radius 2 is 1.74 bits per heavy atom. The van der Waals surface area contributed by atoms with Crippen LogP contribution in [-0.4, -0.2) is 10.2 Å². The van der Waals surface area contributed by atoms with Crippen LogP contribution in [0.3, 0.4) is 0 Å². The Labute approximate surface area is 129 Å². The molecule has 3 rings (SSSR count). The van der Waals surface area contributed by atoms with E-state index in [1.54, 1.807) is 6.92 Å².